The summed E-state index contributed by atoms with van der Waals surface area (Å²) in [6.45, 7) is 0.580. The number of carbonyl (C=O) groups excluding carboxylic acids is 2. The number of para-hydroxylation sites is 1. The Kier molecular flexibility index (Phi) is 6.13. The Balaban J connectivity index is 1.96. The van der Waals surface area contributed by atoms with Crippen LogP contribution in [0.1, 0.15) is 5.56 Å². The van der Waals surface area contributed by atoms with Crippen molar-refractivity contribution in [3.63, 3.8) is 0 Å². The molecular formula is C16H21N3O4. The van der Waals surface area contributed by atoms with Crippen molar-refractivity contribution in [2.45, 2.75) is 12.5 Å². The summed E-state index contributed by atoms with van der Waals surface area (Å²) < 4.78 is 9.95. The van der Waals surface area contributed by atoms with Crippen molar-refractivity contribution in [3.8, 4) is 0 Å². The summed E-state index contributed by atoms with van der Waals surface area (Å²) >= 11 is 0. The number of H-pyrrole nitrogens is 1. The molecule has 0 aliphatic rings. The summed E-state index contributed by atoms with van der Waals surface area (Å²) in [5, 5.41) is 3.61. The number of methoxy groups -OCH3 is 1. The predicted octanol–water partition coefficient (Wildman–Crippen LogP) is 0.344. The fraction of sp³-hybridized carbons (Fsp3) is 0.375. The van der Waals surface area contributed by atoms with Gasteiger partial charge in [0.2, 0.25) is 11.8 Å². The zero-order valence-corrected chi connectivity index (χ0v) is 13.0. The number of nitrogens with one attached hydrogen (secondary N) is 2. The maximum Gasteiger partial charge on any atom is 0.246 e. The van der Waals surface area contributed by atoms with E-state index in [1.54, 1.807) is 7.11 Å². The van der Waals surface area contributed by atoms with Crippen molar-refractivity contribution in [2.75, 3.05) is 26.9 Å². The molecule has 1 atom stereocenters. The largest absolute Gasteiger partial charge is 0.382 e. The smallest absolute Gasteiger partial charge is 0.246 e. The second-order valence-corrected chi connectivity index (χ2v) is 5.13. The van der Waals surface area contributed by atoms with Crippen molar-refractivity contribution in [2.24, 2.45) is 5.73 Å². The maximum absolute atomic E-state index is 11.8. The van der Waals surface area contributed by atoms with Crippen LogP contribution in [0.2, 0.25) is 0 Å². The molecule has 1 aromatic carbocycles. The lowest BCUT2D eigenvalue weighted by molar-refractivity contribution is -0.130. The van der Waals surface area contributed by atoms with E-state index < -0.39 is 11.9 Å². The number of aromatic amines is 1. The van der Waals surface area contributed by atoms with E-state index in [1.807, 2.05) is 30.5 Å². The van der Waals surface area contributed by atoms with Crippen LogP contribution >= 0.6 is 0 Å². The molecule has 0 fully saturated rings. The molecule has 2 amide bonds. The van der Waals surface area contributed by atoms with Gasteiger partial charge < -0.3 is 25.5 Å². The quantitative estimate of drug-likeness (QED) is 0.580. The van der Waals surface area contributed by atoms with Gasteiger partial charge in [-0.2, -0.15) is 0 Å². The van der Waals surface area contributed by atoms with Crippen molar-refractivity contribution in [1.29, 1.82) is 0 Å². The van der Waals surface area contributed by atoms with E-state index >= 15 is 0 Å². The van der Waals surface area contributed by atoms with E-state index in [1.165, 1.54) is 0 Å². The first-order valence-electron chi connectivity index (χ1n) is 7.32. The SMILES string of the molecule is COCCOCC(=O)N[C@@H](Cc1c[nH]c2ccccc12)C(N)=O. The molecule has 0 spiro atoms. The molecule has 0 aliphatic carbocycles. The average Bonchev–Trinajstić information content (AvgIpc) is 2.94. The van der Waals surface area contributed by atoms with Gasteiger partial charge in [-0.15, -0.1) is 0 Å². The zero-order valence-electron chi connectivity index (χ0n) is 13.0. The van der Waals surface area contributed by atoms with Crippen LogP contribution in [-0.2, 0) is 25.5 Å². The minimum atomic E-state index is -0.785. The Bertz CT molecular complexity index is 668. The second kappa shape index (κ2) is 8.30. The number of primary amides is 1. The monoisotopic (exact) mass is 319 g/mol. The molecule has 23 heavy (non-hydrogen) atoms. The van der Waals surface area contributed by atoms with Gasteiger partial charge in [0.25, 0.3) is 0 Å². The van der Waals surface area contributed by atoms with Crippen molar-refractivity contribution in [1.82, 2.24) is 10.3 Å². The van der Waals surface area contributed by atoms with Gasteiger partial charge in [-0.1, -0.05) is 18.2 Å². The molecule has 0 aliphatic heterocycles. The Morgan fingerprint density at radius 1 is 1.30 bits per heavy atom. The van der Waals surface area contributed by atoms with Crippen molar-refractivity contribution >= 4 is 22.7 Å². The standard InChI is InChI=1S/C16H21N3O4/c1-22-6-7-23-10-15(20)19-14(16(17)21)8-11-9-18-13-5-3-2-4-12(11)13/h2-5,9,14,18H,6-8,10H2,1H3,(H2,17,21)(H,19,20)/t14-/m0/s1. The number of fused-ring (bicyclic) bond motifs is 1. The molecule has 1 aromatic heterocycles. The van der Waals surface area contributed by atoms with Gasteiger partial charge >= 0.3 is 0 Å². The molecule has 4 N–H and O–H groups in total. The lowest BCUT2D eigenvalue weighted by atomic mass is 10.0. The number of rotatable bonds is 9. The fourth-order valence-corrected chi connectivity index (χ4v) is 2.29. The van der Waals surface area contributed by atoms with Gasteiger partial charge in [-0.25, -0.2) is 0 Å². The van der Waals surface area contributed by atoms with Crippen LogP contribution in [-0.4, -0.2) is 49.8 Å². The Hall–Kier alpha value is -2.38. The second-order valence-electron chi connectivity index (χ2n) is 5.13. The normalized spacial score (nSPS) is 12.2. The van der Waals surface area contributed by atoms with Crippen LogP contribution in [0.5, 0.6) is 0 Å². The lowest BCUT2D eigenvalue weighted by Crippen LogP contribution is -2.47. The first-order valence-corrected chi connectivity index (χ1v) is 7.32. The predicted molar refractivity (Wildman–Crippen MR) is 85.8 cm³/mol. The summed E-state index contributed by atoms with van der Waals surface area (Å²) in [7, 11) is 1.55. The first kappa shape index (κ1) is 17.0. The van der Waals surface area contributed by atoms with E-state index in [0.717, 1.165) is 16.5 Å². The molecule has 0 saturated carbocycles. The average molecular weight is 319 g/mol. The number of hydrogen-bond donors (Lipinski definition) is 3. The zero-order chi connectivity index (χ0) is 16.7. The van der Waals surface area contributed by atoms with Gasteiger partial charge in [-0.3, -0.25) is 9.59 Å². The van der Waals surface area contributed by atoms with Crippen molar-refractivity contribution < 1.29 is 19.1 Å². The molecule has 0 radical (unpaired) electrons. The lowest BCUT2D eigenvalue weighted by Gasteiger charge is -2.15. The van der Waals surface area contributed by atoms with Crippen molar-refractivity contribution in [3.05, 3.63) is 36.0 Å². The number of benzene rings is 1. The van der Waals surface area contributed by atoms with Gasteiger partial charge in [0.1, 0.15) is 12.6 Å². The molecule has 0 saturated heterocycles. The number of hydrogen-bond acceptors (Lipinski definition) is 4. The van der Waals surface area contributed by atoms with E-state index in [2.05, 4.69) is 10.3 Å². The molecular weight excluding hydrogens is 298 g/mol. The molecule has 7 heteroatoms. The van der Waals surface area contributed by atoms with Gasteiger partial charge in [0, 0.05) is 30.6 Å². The summed E-state index contributed by atoms with van der Waals surface area (Å²) in [6.07, 6.45) is 2.14. The Morgan fingerprint density at radius 3 is 2.83 bits per heavy atom. The van der Waals surface area contributed by atoms with E-state index in [0.29, 0.717) is 19.6 Å². The summed E-state index contributed by atoms with van der Waals surface area (Å²) in [5.74, 6) is -0.967. The van der Waals surface area contributed by atoms with E-state index in [-0.39, 0.29) is 12.5 Å². The number of carbonyl (C=O) groups is 2. The summed E-state index contributed by atoms with van der Waals surface area (Å²) in [5.41, 5.74) is 7.29. The molecule has 0 unspecified atom stereocenters. The minimum absolute atomic E-state index is 0.138. The molecule has 7 nitrogen and oxygen atoms in total. The van der Waals surface area contributed by atoms with Crippen LogP contribution in [0.15, 0.2) is 30.5 Å². The summed E-state index contributed by atoms with van der Waals surface area (Å²) in [6, 6.07) is 6.96. The number of amides is 2. The fourth-order valence-electron chi connectivity index (χ4n) is 2.29. The highest BCUT2D eigenvalue weighted by atomic mass is 16.5. The van der Waals surface area contributed by atoms with E-state index in [4.69, 9.17) is 15.2 Å². The van der Waals surface area contributed by atoms with Gasteiger partial charge in [0.15, 0.2) is 0 Å². The highest BCUT2D eigenvalue weighted by molar-refractivity contribution is 5.89. The van der Waals surface area contributed by atoms with Crippen LogP contribution in [0, 0.1) is 0 Å². The molecule has 124 valence electrons. The molecule has 2 rings (SSSR count). The van der Waals surface area contributed by atoms with Gasteiger partial charge in [-0.05, 0) is 11.6 Å². The minimum Gasteiger partial charge on any atom is -0.382 e. The van der Waals surface area contributed by atoms with Crippen LogP contribution in [0.3, 0.4) is 0 Å². The molecule has 0 bridgehead atoms. The highest BCUT2D eigenvalue weighted by Gasteiger charge is 2.20. The number of aromatic nitrogens is 1. The third-order valence-electron chi connectivity index (χ3n) is 3.44. The maximum atomic E-state index is 11.8. The first-order chi connectivity index (χ1) is 11.1. The van der Waals surface area contributed by atoms with Gasteiger partial charge in [0.05, 0.1) is 13.2 Å². The highest BCUT2D eigenvalue weighted by Crippen LogP contribution is 2.19. The van der Waals surface area contributed by atoms with Crippen LogP contribution < -0.4 is 11.1 Å². The third-order valence-corrected chi connectivity index (χ3v) is 3.44. The van der Waals surface area contributed by atoms with Crippen LogP contribution in [0.25, 0.3) is 10.9 Å². The van der Waals surface area contributed by atoms with E-state index in [9.17, 15) is 9.59 Å². The Labute approximate surface area is 134 Å². The Morgan fingerprint density at radius 2 is 2.09 bits per heavy atom. The number of ether oxygens (including phenoxy) is 2. The molecule has 1 heterocycles. The molecule has 2 aromatic rings. The number of nitrogens with two attached hydrogens (primary N) is 1. The van der Waals surface area contributed by atoms with Crippen LogP contribution in [0.4, 0.5) is 0 Å². The topological polar surface area (TPSA) is 106 Å². The summed E-state index contributed by atoms with van der Waals surface area (Å²) in [4.78, 5) is 26.6. The third kappa shape index (κ3) is 4.80.